The van der Waals surface area contributed by atoms with E-state index >= 15 is 0 Å². The fraction of sp³-hybridized carbons (Fsp3) is 0.667. The molecule has 0 spiro atoms. The van der Waals surface area contributed by atoms with Crippen molar-refractivity contribution in [2.45, 2.75) is 24.7 Å². The maximum absolute atomic E-state index is 12.4. The first-order valence-electron chi connectivity index (χ1n) is 3.27. The third-order valence-corrected chi connectivity index (χ3v) is 1.80. The molecule has 0 aromatic carbocycles. The average Bonchev–Trinajstić information content (AvgIpc) is 2.13. The summed E-state index contributed by atoms with van der Waals surface area (Å²) in [6.45, 7) is 0. The Hall–Kier alpha value is -0.0900. The summed E-state index contributed by atoms with van der Waals surface area (Å²) in [5.74, 6) is -8.15. The van der Waals surface area contributed by atoms with E-state index in [1.165, 1.54) is 0 Å². The smallest absolute Gasteiger partial charge is 0.238 e. The van der Waals surface area contributed by atoms with Gasteiger partial charge in [-0.05, 0) is 22.6 Å². The fourth-order valence-corrected chi connectivity index (χ4v) is 0.934. The van der Waals surface area contributed by atoms with E-state index in [4.69, 9.17) is 0 Å². The van der Waals surface area contributed by atoms with Crippen LogP contribution in [0.1, 0.15) is 0 Å². The quantitative estimate of drug-likeness (QED) is 0.527. The molecule has 0 aromatic heterocycles. The van der Waals surface area contributed by atoms with E-state index in [1.807, 2.05) is 0 Å². The number of allylic oxidation sites excluding steroid dienone is 1. The molecular weight excluding hydrogens is 351 g/mol. The van der Waals surface area contributed by atoms with E-state index < -0.39 is 34.4 Å². The lowest BCUT2D eigenvalue weighted by Gasteiger charge is -2.21. The zero-order valence-corrected chi connectivity index (χ0v) is 8.79. The van der Waals surface area contributed by atoms with Gasteiger partial charge in [0, 0.05) is 0 Å². The molecule has 15 heavy (non-hydrogen) atoms. The van der Waals surface area contributed by atoms with Gasteiger partial charge in [-0.1, -0.05) is 0 Å². The molecular formula is C6H3F8I. The molecule has 0 aromatic rings. The van der Waals surface area contributed by atoms with Gasteiger partial charge in [-0.25, -0.2) is 22.0 Å². The summed E-state index contributed by atoms with van der Waals surface area (Å²) in [7, 11) is 0. The Kier molecular flexibility index (Phi) is 5.27. The van der Waals surface area contributed by atoms with Crippen LogP contribution in [-0.2, 0) is 0 Å². The molecule has 2 unspecified atom stereocenters. The highest BCUT2D eigenvalue weighted by molar-refractivity contribution is 14.1. The van der Waals surface area contributed by atoms with Crippen LogP contribution in [-0.4, -0.2) is 24.7 Å². The van der Waals surface area contributed by atoms with E-state index in [0.717, 1.165) is 0 Å². The molecule has 2 atom stereocenters. The predicted octanol–water partition coefficient (Wildman–Crippen LogP) is 4.11. The monoisotopic (exact) mass is 354 g/mol. The van der Waals surface area contributed by atoms with Gasteiger partial charge in [0.2, 0.25) is 12.0 Å². The first-order chi connectivity index (χ1) is 6.62. The van der Waals surface area contributed by atoms with Gasteiger partial charge in [-0.3, -0.25) is 0 Å². The standard InChI is InChI=1S/C6H3F8I/c7-1(4(10)11)2(8)6(13,14)3(9)5(12)15/h1-2,4H. The van der Waals surface area contributed by atoms with E-state index in [2.05, 4.69) is 0 Å². The van der Waals surface area contributed by atoms with Crippen molar-refractivity contribution in [2.75, 3.05) is 0 Å². The van der Waals surface area contributed by atoms with E-state index in [-0.39, 0.29) is 0 Å². The summed E-state index contributed by atoms with van der Waals surface area (Å²) < 4.78 is 94.5. The molecule has 0 aliphatic carbocycles. The molecule has 0 fully saturated rings. The van der Waals surface area contributed by atoms with Crippen molar-refractivity contribution in [2.24, 2.45) is 0 Å². The van der Waals surface area contributed by atoms with Gasteiger partial charge in [0.1, 0.15) is 0 Å². The molecule has 0 saturated heterocycles. The third-order valence-electron chi connectivity index (χ3n) is 1.33. The van der Waals surface area contributed by atoms with Gasteiger partial charge in [0.05, 0.1) is 0 Å². The van der Waals surface area contributed by atoms with Crippen molar-refractivity contribution in [3.05, 3.63) is 9.66 Å². The summed E-state index contributed by atoms with van der Waals surface area (Å²) in [4.78, 5) is 0. The molecule has 0 heterocycles. The number of hydrogen-bond acceptors (Lipinski definition) is 0. The average molecular weight is 354 g/mol. The highest BCUT2D eigenvalue weighted by Gasteiger charge is 2.53. The Morgan fingerprint density at radius 1 is 1.00 bits per heavy atom. The Morgan fingerprint density at radius 2 is 1.40 bits per heavy atom. The second-order valence-corrected chi connectivity index (χ2v) is 3.33. The normalized spacial score (nSPS) is 18.8. The van der Waals surface area contributed by atoms with Crippen molar-refractivity contribution in [1.29, 1.82) is 0 Å². The Balaban J connectivity index is 4.97. The molecule has 0 rings (SSSR count). The van der Waals surface area contributed by atoms with Gasteiger partial charge in [-0.2, -0.15) is 13.2 Å². The van der Waals surface area contributed by atoms with Gasteiger partial charge in [0.25, 0.3) is 6.43 Å². The van der Waals surface area contributed by atoms with Crippen molar-refractivity contribution < 1.29 is 35.1 Å². The molecule has 90 valence electrons. The largest absolute Gasteiger partial charge is 0.335 e. The van der Waals surface area contributed by atoms with Gasteiger partial charge < -0.3 is 0 Å². The van der Waals surface area contributed by atoms with Crippen LogP contribution in [0.2, 0.25) is 0 Å². The highest BCUT2D eigenvalue weighted by atomic mass is 127. The van der Waals surface area contributed by atoms with E-state index in [0.29, 0.717) is 22.6 Å². The Morgan fingerprint density at radius 3 is 1.67 bits per heavy atom. The van der Waals surface area contributed by atoms with Gasteiger partial charge in [0.15, 0.2) is 10.0 Å². The van der Waals surface area contributed by atoms with Gasteiger partial charge >= 0.3 is 5.92 Å². The lowest BCUT2D eigenvalue weighted by molar-refractivity contribution is -0.115. The second-order valence-electron chi connectivity index (χ2n) is 2.38. The zero-order chi connectivity index (χ0) is 12.4. The van der Waals surface area contributed by atoms with Crippen molar-refractivity contribution in [1.82, 2.24) is 0 Å². The lowest BCUT2D eigenvalue weighted by atomic mass is 10.1. The molecule has 0 N–H and O–H groups in total. The van der Waals surface area contributed by atoms with Crippen LogP contribution in [0.3, 0.4) is 0 Å². The molecule has 9 heteroatoms. The number of rotatable bonds is 4. The maximum Gasteiger partial charge on any atom is 0.335 e. The number of halogens is 9. The zero-order valence-electron chi connectivity index (χ0n) is 6.63. The SMILES string of the molecule is FC(I)=C(F)C(F)(F)C(F)C(F)C(F)F. The molecule has 0 nitrogen and oxygen atoms in total. The summed E-state index contributed by atoms with van der Waals surface area (Å²) in [6.07, 6.45) is -12.1. The van der Waals surface area contributed by atoms with Crippen LogP contribution < -0.4 is 0 Å². The Bertz CT molecular complexity index is 246. The van der Waals surface area contributed by atoms with Crippen molar-refractivity contribution >= 4 is 22.6 Å². The summed E-state index contributed by atoms with van der Waals surface area (Å²) in [5.41, 5.74) is 0. The predicted molar refractivity (Wildman–Crippen MR) is 44.0 cm³/mol. The summed E-state index contributed by atoms with van der Waals surface area (Å²) in [6, 6.07) is 0. The van der Waals surface area contributed by atoms with Crippen LogP contribution in [0, 0.1) is 0 Å². The molecule has 0 radical (unpaired) electrons. The fourth-order valence-electron chi connectivity index (χ4n) is 0.575. The highest BCUT2D eigenvalue weighted by Crippen LogP contribution is 2.38. The van der Waals surface area contributed by atoms with Crippen LogP contribution in [0.25, 0.3) is 0 Å². The minimum Gasteiger partial charge on any atom is -0.238 e. The maximum atomic E-state index is 12.4. The minimum atomic E-state index is -5.25. The molecule has 0 aliphatic heterocycles. The number of alkyl halides is 6. The van der Waals surface area contributed by atoms with E-state index in [1.54, 1.807) is 0 Å². The molecule has 0 amide bonds. The number of hydrogen-bond donors (Lipinski definition) is 0. The first kappa shape index (κ1) is 14.9. The first-order valence-corrected chi connectivity index (χ1v) is 4.35. The van der Waals surface area contributed by atoms with Gasteiger partial charge in [-0.15, -0.1) is 0 Å². The third kappa shape index (κ3) is 3.45. The van der Waals surface area contributed by atoms with Crippen LogP contribution in [0.15, 0.2) is 9.66 Å². The van der Waals surface area contributed by atoms with E-state index in [9.17, 15) is 35.1 Å². The lowest BCUT2D eigenvalue weighted by Crippen LogP contribution is -2.41. The molecule has 0 bridgehead atoms. The molecule has 0 saturated carbocycles. The summed E-state index contributed by atoms with van der Waals surface area (Å²) >= 11 is 0.449. The van der Waals surface area contributed by atoms with Crippen molar-refractivity contribution in [3.8, 4) is 0 Å². The minimum absolute atomic E-state index is 0.449. The Labute approximate surface area is 92.5 Å². The topological polar surface area (TPSA) is 0 Å². The second kappa shape index (κ2) is 5.30. The molecule has 0 aliphatic rings. The van der Waals surface area contributed by atoms with Crippen LogP contribution in [0.4, 0.5) is 35.1 Å². The summed E-state index contributed by atoms with van der Waals surface area (Å²) in [5, 5.41) is 0. The van der Waals surface area contributed by atoms with Crippen LogP contribution in [0.5, 0.6) is 0 Å². The van der Waals surface area contributed by atoms with Crippen LogP contribution >= 0.6 is 22.6 Å². The van der Waals surface area contributed by atoms with Crippen molar-refractivity contribution in [3.63, 3.8) is 0 Å².